The topological polar surface area (TPSA) is 55.8 Å². The van der Waals surface area contributed by atoms with E-state index in [4.69, 9.17) is 4.99 Å². The smallest absolute Gasteiger partial charge is 0.191 e. The van der Waals surface area contributed by atoms with Gasteiger partial charge >= 0.3 is 0 Å². The molecule has 2 unspecified atom stereocenters. The molecule has 2 N–H and O–H groups in total. The van der Waals surface area contributed by atoms with E-state index in [1.54, 1.807) is 0 Å². The number of nitrogens with zero attached hydrogens (tertiary/aromatic N) is 4. The Morgan fingerprint density at radius 3 is 2.53 bits per heavy atom. The second-order valence-electron chi connectivity index (χ2n) is 9.34. The molecule has 3 aliphatic rings. The van der Waals surface area contributed by atoms with Gasteiger partial charge in [-0.3, -0.25) is 0 Å². The van der Waals surface area contributed by atoms with E-state index in [1.165, 1.54) is 63.4 Å². The van der Waals surface area contributed by atoms with Crippen molar-refractivity contribution in [1.82, 2.24) is 20.5 Å². The summed E-state index contributed by atoms with van der Waals surface area (Å²) >= 11 is 0. The van der Waals surface area contributed by atoms with Crippen LogP contribution in [0.2, 0.25) is 0 Å². The summed E-state index contributed by atoms with van der Waals surface area (Å²) in [5, 5.41) is 7.21. The van der Waals surface area contributed by atoms with Gasteiger partial charge in [-0.1, -0.05) is 19.3 Å². The molecule has 0 radical (unpaired) electrons. The number of nitrogens with one attached hydrogen (secondary N) is 2. The highest BCUT2D eigenvalue weighted by Crippen LogP contribution is 2.32. The minimum absolute atomic E-state index is 0.527. The summed E-state index contributed by atoms with van der Waals surface area (Å²) in [6.45, 7) is 5.98. The van der Waals surface area contributed by atoms with E-state index in [-0.39, 0.29) is 0 Å². The molecular weight excluding hydrogens is 372 g/mol. The molecule has 0 amide bonds. The van der Waals surface area contributed by atoms with Crippen molar-refractivity contribution < 1.29 is 0 Å². The van der Waals surface area contributed by atoms with Crippen molar-refractivity contribution in [2.75, 3.05) is 31.6 Å². The zero-order valence-electron chi connectivity index (χ0n) is 18.9. The molecule has 2 atom stereocenters. The van der Waals surface area contributed by atoms with Crippen molar-refractivity contribution >= 4 is 11.8 Å². The third-order valence-corrected chi connectivity index (χ3v) is 7.18. The average Bonchev–Trinajstić information content (AvgIpc) is 3.03. The van der Waals surface area contributed by atoms with Crippen LogP contribution in [0.1, 0.15) is 70.3 Å². The van der Waals surface area contributed by atoms with Gasteiger partial charge in [0.05, 0.1) is 6.54 Å². The van der Waals surface area contributed by atoms with E-state index in [2.05, 4.69) is 51.5 Å². The molecule has 3 aliphatic heterocycles. The molecule has 4 rings (SSSR count). The molecule has 1 aromatic rings. The molecule has 4 heterocycles. The first kappa shape index (κ1) is 21.4. The normalized spacial score (nSPS) is 28.1. The quantitative estimate of drug-likeness (QED) is 0.572. The fourth-order valence-corrected chi connectivity index (χ4v) is 5.45. The van der Waals surface area contributed by atoms with E-state index in [1.807, 2.05) is 6.20 Å². The summed E-state index contributed by atoms with van der Waals surface area (Å²) in [4.78, 5) is 14.6. The zero-order valence-corrected chi connectivity index (χ0v) is 18.9. The first-order valence-corrected chi connectivity index (χ1v) is 12.2. The maximum atomic E-state index is 4.93. The largest absolute Gasteiger partial charge is 0.357 e. The molecule has 166 valence electrons. The van der Waals surface area contributed by atoms with Gasteiger partial charge in [0.25, 0.3) is 0 Å². The lowest BCUT2D eigenvalue weighted by Crippen LogP contribution is -2.56. The SMILES string of the molecule is CCNC(=NCc1ccnc(N2CCCCCC2)c1)NC1CC2CCCC(C1)N2C. The van der Waals surface area contributed by atoms with Gasteiger partial charge in [0.1, 0.15) is 5.82 Å². The number of aromatic nitrogens is 1. The lowest BCUT2D eigenvalue weighted by Gasteiger charge is -2.47. The second-order valence-corrected chi connectivity index (χ2v) is 9.34. The molecule has 1 aromatic heterocycles. The van der Waals surface area contributed by atoms with Crippen LogP contribution < -0.4 is 15.5 Å². The Morgan fingerprint density at radius 2 is 1.83 bits per heavy atom. The van der Waals surface area contributed by atoms with E-state index in [9.17, 15) is 0 Å². The molecule has 0 aliphatic carbocycles. The van der Waals surface area contributed by atoms with Gasteiger partial charge < -0.3 is 20.4 Å². The minimum Gasteiger partial charge on any atom is -0.357 e. The Balaban J connectivity index is 1.38. The molecule has 0 saturated carbocycles. The predicted octanol–water partition coefficient (Wildman–Crippen LogP) is 3.53. The van der Waals surface area contributed by atoms with Crippen molar-refractivity contribution in [2.45, 2.75) is 89.4 Å². The van der Waals surface area contributed by atoms with Crippen LogP contribution in [0.15, 0.2) is 23.3 Å². The highest BCUT2D eigenvalue weighted by molar-refractivity contribution is 5.80. The monoisotopic (exact) mass is 412 g/mol. The van der Waals surface area contributed by atoms with Gasteiger partial charge in [-0.25, -0.2) is 9.98 Å². The van der Waals surface area contributed by atoms with Crippen molar-refractivity contribution in [3.63, 3.8) is 0 Å². The number of rotatable bonds is 5. The summed E-state index contributed by atoms with van der Waals surface area (Å²) in [7, 11) is 2.31. The summed E-state index contributed by atoms with van der Waals surface area (Å²) in [5.41, 5.74) is 1.24. The Hall–Kier alpha value is -1.82. The van der Waals surface area contributed by atoms with Crippen molar-refractivity contribution in [1.29, 1.82) is 0 Å². The number of guanidine groups is 1. The second kappa shape index (κ2) is 10.5. The summed E-state index contributed by atoms with van der Waals surface area (Å²) in [6.07, 6.45) is 13.7. The van der Waals surface area contributed by atoms with Gasteiger partial charge in [-0.05, 0) is 70.2 Å². The van der Waals surface area contributed by atoms with Crippen LogP contribution in [0.4, 0.5) is 5.82 Å². The first-order valence-electron chi connectivity index (χ1n) is 12.2. The Bertz CT molecular complexity index is 683. The van der Waals surface area contributed by atoms with Crippen LogP contribution in [0.5, 0.6) is 0 Å². The van der Waals surface area contributed by atoms with Crippen LogP contribution in [0.25, 0.3) is 0 Å². The fraction of sp³-hybridized carbons (Fsp3) is 0.750. The van der Waals surface area contributed by atoms with E-state index < -0.39 is 0 Å². The zero-order chi connectivity index (χ0) is 20.8. The van der Waals surface area contributed by atoms with Crippen LogP contribution in [-0.2, 0) is 6.54 Å². The highest BCUT2D eigenvalue weighted by Gasteiger charge is 2.36. The van der Waals surface area contributed by atoms with Crippen molar-refractivity contribution in [3.05, 3.63) is 23.9 Å². The molecular formula is C24H40N6. The Kier molecular flexibility index (Phi) is 7.47. The third kappa shape index (κ3) is 5.45. The number of aliphatic imine (C=N–C) groups is 1. The van der Waals surface area contributed by atoms with Crippen LogP contribution >= 0.6 is 0 Å². The van der Waals surface area contributed by atoms with Crippen LogP contribution in [-0.4, -0.2) is 60.7 Å². The number of anilines is 1. The Labute approximate surface area is 182 Å². The standard InChI is InChI=1S/C24H40N6/c1-3-25-24(28-20-16-21-9-8-10-22(17-20)29(21)2)27-18-19-11-12-26-23(15-19)30-13-6-4-5-7-14-30/h11-12,15,20-22H,3-10,13-14,16-18H2,1-2H3,(H2,25,27,28). The summed E-state index contributed by atoms with van der Waals surface area (Å²) in [6, 6.07) is 6.33. The van der Waals surface area contributed by atoms with Crippen LogP contribution in [0, 0.1) is 0 Å². The highest BCUT2D eigenvalue weighted by atomic mass is 15.2. The maximum absolute atomic E-state index is 4.93. The molecule has 0 aromatic carbocycles. The third-order valence-electron chi connectivity index (χ3n) is 7.18. The maximum Gasteiger partial charge on any atom is 0.191 e. The molecule has 6 nitrogen and oxygen atoms in total. The number of hydrogen-bond acceptors (Lipinski definition) is 4. The average molecular weight is 413 g/mol. The molecule has 0 spiro atoms. The molecule has 3 saturated heterocycles. The number of pyridine rings is 1. The van der Waals surface area contributed by atoms with E-state index in [0.717, 1.165) is 43.5 Å². The minimum atomic E-state index is 0.527. The number of fused-ring (bicyclic) bond motifs is 2. The molecule has 6 heteroatoms. The fourth-order valence-electron chi connectivity index (χ4n) is 5.45. The predicted molar refractivity (Wildman–Crippen MR) is 125 cm³/mol. The molecule has 30 heavy (non-hydrogen) atoms. The van der Waals surface area contributed by atoms with Gasteiger partial charge in [-0.2, -0.15) is 0 Å². The van der Waals surface area contributed by atoms with Gasteiger partial charge in [-0.15, -0.1) is 0 Å². The lowest BCUT2D eigenvalue weighted by molar-refractivity contribution is 0.0526. The first-order chi connectivity index (χ1) is 14.7. The van der Waals surface area contributed by atoms with Gasteiger partial charge in [0.2, 0.25) is 0 Å². The van der Waals surface area contributed by atoms with Gasteiger partial charge in [0, 0.05) is 44.0 Å². The lowest BCUT2D eigenvalue weighted by atomic mass is 9.82. The van der Waals surface area contributed by atoms with Crippen molar-refractivity contribution in [2.24, 2.45) is 4.99 Å². The van der Waals surface area contributed by atoms with E-state index >= 15 is 0 Å². The van der Waals surface area contributed by atoms with E-state index in [0.29, 0.717) is 12.6 Å². The van der Waals surface area contributed by atoms with Gasteiger partial charge in [0.15, 0.2) is 5.96 Å². The number of hydrogen-bond donors (Lipinski definition) is 2. The molecule has 2 bridgehead atoms. The molecule has 3 fully saturated rings. The summed E-state index contributed by atoms with van der Waals surface area (Å²) < 4.78 is 0. The van der Waals surface area contributed by atoms with Crippen LogP contribution in [0.3, 0.4) is 0 Å². The Morgan fingerprint density at radius 1 is 1.10 bits per heavy atom. The number of piperidine rings is 2. The summed E-state index contributed by atoms with van der Waals surface area (Å²) in [5.74, 6) is 2.07. The van der Waals surface area contributed by atoms with Crippen molar-refractivity contribution in [3.8, 4) is 0 Å².